The third-order valence-corrected chi connectivity index (χ3v) is 7.43. The largest absolute Gasteiger partial charge is 0.497 e. The molecule has 2 N–H and O–H groups in total. The van der Waals surface area contributed by atoms with Crippen molar-refractivity contribution in [2.45, 2.75) is 44.7 Å². The maximum absolute atomic E-state index is 13.3. The first-order valence-corrected chi connectivity index (χ1v) is 13.1. The lowest BCUT2D eigenvalue weighted by Gasteiger charge is -2.31. The first kappa shape index (κ1) is 25.7. The highest BCUT2D eigenvalue weighted by atomic mass is 32.2. The lowest BCUT2D eigenvalue weighted by atomic mass is 10.0. The van der Waals surface area contributed by atoms with Crippen molar-refractivity contribution >= 4 is 21.8 Å². The third kappa shape index (κ3) is 5.59. The Morgan fingerprint density at radius 3 is 2.47 bits per heavy atom. The van der Waals surface area contributed by atoms with Gasteiger partial charge in [0, 0.05) is 12.1 Å². The number of hydrogen-bond donors (Lipinski definition) is 2. The molecule has 0 spiro atoms. The molecule has 0 saturated carbocycles. The zero-order valence-corrected chi connectivity index (χ0v) is 21.2. The number of fused-ring (bicyclic) bond motifs is 1. The van der Waals surface area contributed by atoms with Gasteiger partial charge in [-0.1, -0.05) is 52.0 Å². The molecule has 1 heterocycles. The average Bonchev–Trinajstić information content (AvgIpc) is 3.09. The minimum atomic E-state index is -3.67. The minimum absolute atomic E-state index is 0.0415. The molecule has 0 radical (unpaired) electrons. The highest BCUT2D eigenvalue weighted by molar-refractivity contribution is 7.90. The van der Waals surface area contributed by atoms with Gasteiger partial charge in [0.15, 0.2) is 0 Å². The Bertz CT molecular complexity index is 1140. The Kier molecular flexibility index (Phi) is 8.33. The molecule has 1 unspecified atom stereocenters. The van der Waals surface area contributed by atoms with Crippen molar-refractivity contribution in [2.75, 3.05) is 26.7 Å². The number of methoxy groups -OCH3 is 1. The van der Waals surface area contributed by atoms with E-state index in [2.05, 4.69) is 33.8 Å². The number of likely N-dealkylation sites (N-methyl/N-ethyl adjacent to an activating group) is 1. The van der Waals surface area contributed by atoms with E-state index in [1.807, 2.05) is 38.1 Å². The number of sulfonamides is 1. The Labute approximate surface area is 202 Å². The maximum atomic E-state index is 13.3. The van der Waals surface area contributed by atoms with Crippen LogP contribution in [0.2, 0.25) is 0 Å². The van der Waals surface area contributed by atoms with Gasteiger partial charge in [0.2, 0.25) is 5.91 Å². The van der Waals surface area contributed by atoms with Gasteiger partial charge in [-0.05, 0) is 48.8 Å². The zero-order chi connectivity index (χ0) is 24.9. The van der Waals surface area contributed by atoms with Gasteiger partial charge >= 0.3 is 0 Å². The Hall–Kier alpha value is -2.91. The SMILES string of the molecule is CCN(CC)C(CNC(=O)[C@@H](N=C1NS(=O)(=O)c2ccccc21)C(C)C)c1cccc(OC)c1. The molecule has 0 aliphatic carbocycles. The summed E-state index contributed by atoms with van der Waals surface area (Å²) in [5, 5.41) is 3.06. The smallest absolute Gasteiger partial charge is 0.263 e. The summed E-state index contributed by atoms with van der Waals surface area (Å²) in [6.45, 7) is 10.0. The standard InChI is InChI=1S/C25H34N4O4S/c1-6-29(7-2)21(18-11-10-12-19(15-18)33-5)16-26-25(30)23(17(3)4)27-24-20-13-8-9-14-22(20)34(31,32)28-24/h8-15,17,21,23H,6-7,16H2,1-5H3,(H,26,30)(H,27,28)/t21?,23-/m0/s1. The van der Waals surface area contributed by atoms with Crippen LogP contribution in [0.1, 0.15) is 44.9 Å². The topological polar surface area (TPSA) is 100 Å². The predicted octanol–water partition coefficient (Wildman–Crippen LogP) is 2.96. The molecule has 9 heteroatoms. The third-order valence-electron chi connectivity index (χ3n) is 6.03. The van der Waals surface area contributed by atoms with Gasteiger partial charge in [-0.25, -0.2) is 8.42 Å². The van der Waals surface area contributed by atoms with Crippen molar-refractivity contribution in [3.8, 4) is 5.75 Å². The van der Waals surface area contributed by atoms with Crippen LogP contribution < -0.4 is 14.8 Å². The first-order chi connectivity index (χ1) is 16.2. The molecule has 3 rings (SSSR count). The summed E-state index contributed by atoms with van der Waals surface area (Å²) in [6, 6.07) is 13.7. The summed E-state index contributed by atoms with van der Waals surface area (Å²) < 4.78 is 32.8. The average molecular weight is 487 g/mol. The fourth-order valence-corrected chi connectivity index (χ4v) is 5.39. The molecule has 184 valence electrons. The molecule has 0 saturated heterocycles. The van der Waals surface area contributed by atoms with E-state index in [-0.39, 0.29) is 28.6 Å². The fourth-order valence-electron chi connectivity index (χ4n) is 4.15. The van der Waals surface area contributed by atoms with Crippen molar-refractivity contribution < 1.29 is 17.9 Å². The minimum Gasteiger partial charge on any atom is -0.497 e. The second-order valence-electron chi connectivity index (χ2n) is 8.53. The van der Waals surface area contributed by atoms with Crippen LogP contribution in [0.4, 0.5) is 0 Å². The van der Waals surface area contributed by atoms with Crippen molar-refractivity contribution in [2.24, 2.45) is 10.9 Å². The monoisotopic (exact) mass is 486 g/mol. The van der Waals surface area contributed by atoms with E-state index in [0.29, 0.717) is 12.1 Å². The second-order valence-corrected chi connectivity index (χ2v) is 10.2. The number of aliphatic imine (C=N–C) groups is 1. The number of nitrogens with one attached hydrogen (secondary N) is 2. The van der Waals surface area contributed by atoms with Crippen LogP contribution in [0.15, 0.2) is 58.4 Å². The lowest BCUT2D eigenvalue weighted by molar-refractivity contribution is -0.123. The highest BCUT2D eigenvalue weighted by Gasteiger charge is 2.33. The first-order valence-electron chi connectivity index (χ1n) is 11.6. The summed E-state index contributed by atoms with van der Waals surface area (Å²) in [5.74, 6) is 0.594. The summed E-state index contributed by atoms with van der Waals surface area (Å²) in [6.07, 6.45) is 0. The van der Waals surface area contributed by atoms with Crippen LogP contribution in [0, 0.1) is 5.92 Å². The number of amidine groups is 1. The normalized spacial score (nSPS) is 17.3. The quantitative estimate of drug-likeness (QED) is 0.538. The van der Waals surface area contributed by atoms with Gasteiger partial charge in [-0.15, -0.1) is 0 Å². The van der Waals surface area contributed by atoms with Gasteiger partial charge in [0.05, 0.1) is 18.0 Å². The van der Waals surface area contributed by atoms with Gasteiger partial charge in [-0.2, -0.15) is 0 Å². The van der Waals surface area contributed by atoms with E-state index in [0.717, 1.165) is 24.4 Å². The van der Waals surface area contributed by atoms with E-state index in [1.165, 1.54) is 6.07 Å². The van der Waals surface area contributed by atoms with Crippen molar-refractivity contribution in [1.82, 2.24) is 14.9 Å². The molecular weight excluding hydrogens is 452 g/mol. The van der Waals surface area contributed by atoms with Crippen molar-refractivity contribution in [1.29, 1.82) is 0 Å². The van der Waals surface area contributed by atoms with E-state index in [4.69, 9.17) is 4.74 Å². The molecule has 2 aromatic carbocycles. The molecule has 34 heavy (non-hydrogen) atoms. The van der Waals surface area contributed by atoms with Crippen molar-refractivity contribution in [3.05, 3.63) is 59.7 Å². The van der Waals surface area contributed by atoms with Crippen LogP contribution >= 0.6 is 0 Å². The van der Waals surface area contributed by atoms with Crippen LogP contribution in [0.3, 0.4) is 0 Å². The van der Waals surface area contributed by atoms with Crippen LogP contribution in [-0.2, 0) is 14.8 Å². The van der Waals surface area contributed by atoms with E-state index < -0.39 is 16.1 Å². The number of rotatable bonds is 10. The number of ether oxygens (including phenoxy) is 1. The van der Waals surface area contributed by atoms with Gasteiger partial charge in [0.1, 0.15) is 17.6 Å². The van der Waals surface area contributed by atoms with Crippen LogP contribution in [0.5, 0.6) is 5.75 Å². The number of hydrogen-bond acceptors (Lipinski definition) is 6. The summed E-state index contributed by atoms with van der Waals surface area (Å²) >= 11 is 0. The number of nitrogens with zero attached hydrogens (tertiary/aromatic N) is 2. The molecule has 1 aliphatic rings. The fraction of sp³-hybridized carbons (Fsp3) is 0.440. The summed E-state index contributed by atoms with van der Waals surface area (Å²) in [4.78, 5) is 20.3. The molecule has 0 bridgehead atoms. The lowest BCUT2D eigenvalue weighted by Crippen LogP contribution is -2.43. The summed E-state index contributed by atoms with van der Waals surface area (Å²) in [5.41, 5.74) is 1.53. The molecule has 8 nitrogen and oxygen atoms in total. The summed E-state index contributed by atoms with van der Waals surface area (Å²) in [7, 11) is -2.04. The molecular formula is C25H34N4O4S. The number of carbonyl (C=O) groups excluding carboxylic acids is 1. The van der Waals surface area contributed by atoms with Gasteiger partial charge < -0.3 is 10.1 Å². The molecule has 0 aromatic heterocycles. The predicted molar refractivity (Wildman–Crippen MR) is 134 cm³/mol. The van der Waals surface area contributed by atoms with Gasteiger partial charge in [-0.3, -0.25) is 19.4 Å². The van der Waals surface area contributed by atoms with Gasteiger partial charge in [0.25, 0.3) is 10.0 Å². The van der Waals surface area contributed by atoms with Crippen molar-refractivity contribution in [3.63, 3.8) is 0 Å². The highest BCUT2D eigenvalue weighted by Crippen LogP contribution is 2.25. The van der Waals surface area contributed by atoms with E-state index in [9.17, 15) is 13.2 Å². The molecule has 1 amide bonds. The maximum Gasteiger partial charge on any atom is 0.263 e. The molecule has 2 aromatic rings. The Morgan fingerprint density at radius 1 is 1.12 bits per heavy atom. The number of amides is 1. The second kappa shape index (κ2) is 11.0. The Balaban J connectivity index is 1.84. The number of benzene rings is 2. The Morgan fingerprint density at radius 2 is 1.82 bits per heavy atom. The molecule has 0 fully saturated rings. The van der Waals surface area contributed by atoms with E-state index in [1.54, 1.807) is 25.3 Å². The zero-order valence-electron chi connectivity index (χ0n) is 20.4. The molecule has 2 atom stereocenters. The van der Waals surface area contributed by atoms with E-state index >= 15 is 0 Å². The van der Waals surface area contributed by atoms with Crippen LogP contribution in [0.25, 0.3) is 0 Å². The molecule has 1 aliphatic heterocycles. The number of carbonyl (C=O) groups is 1. The van der Waals surface area contributed by atoms with Crippen LogP contribution in [-0.4, -0.2) is 57.8 Å².